The van der Waals surface area contributed by atoms with Crippen molar-refractivity contribution in [3.05, 3.63) is 59.9 Å². The molecule has 1 aliphatic carbocycles. The van der Waals surface area contributed by atoms with Gasteiger partial charge in [0, 0.05) is 12.3 Å². The maximum Gasteiger partial charge on any atom is 0.267 e. The summed E-state index contributed by atoms with van der Waals surface area (Å²) in [5.41, 5.74) is 1.25. The van der Waals surface area contributed by atoms with Crippen molar-refractivity contribution in [3.8, 4) is 0 Å². The molecule has 3 aliphatic rings. The van der Waals surface area contributed by atoms with Gasteiger partial charge in [0.25, 0.3) is 10.0 Å². The van der Waals surface area contributed by atoms with Crippen LogP contribution in [0.1, 0.15) is 30.7 Å². The van der Waals surface area contributed by atoms with E-state index < -0.39 is 15.8 Å². The third-order valence-corrected chi connectivity index (χ3v) is 8.31. The molecule has 1 saturated carbocycles. The van der Waals surface area contributed by atoms with E-state index in [0.717, 1.165) is 24.5 Å². The van der Waals surface area contributed by atoms with Crippen LogP contribution in [0.5, 0.6) is 0 Å². The van der Waals surface area contributed by atoms with E-state index >= 15 is 0 Å². The van der Waals surface area contributed by atoms with E-state index in [-0.39, 0.29) is 42.0 Å². The Hall–Kier alpha value is -2.45. The molecular formula is C22H23FN2O4S. The van der Waals surface area contributed by atoms with Crippen LogP contribution in [-0.2, 0) is 14.8 Å². The number of aliphatic hydroxyl groups is 1. The number of anilines is 1. The Morgan fingerprint density at radius 3 is 2.50 bits per heavy atom. The van der Waals surface area contributed by atoms with Crippen LogP contribution in [0.15, 0.2) is 53.4 Å². The molecule has 2 heterocycles. The van der Waals surface area contributed by atoms with Crippen LogP contribution in [0, 0.1) is 11.7 Å². The molecule has 0 radical (unpaired) electrons. The second-order valence-electron chi connectivity index (χ2n) is 8.32. The Labute approximate surface area is 175 Å². The average Bonchev–Trinajstić information content (AvgIpc) is 3.52. The summed E-state index contributed by atoms with van der Waals surface area (Å²) in [4.78, 5) is 14.2. The lowest BCUT2D eigenvalue weighted by Crippen LogP contribution is -2.70. The summed E-state index contributed by atoms with van der Waals surface area (Å²) < 4.78 is 42.4. The molecule has 2 aliphatic heterocycles. The second kappa shape index (κ2) is 7.06. The van der Waals surface area contributed by atoms with Crippen LogP contribution < -0.4 is 4.31 Å². The fourth-order valence-corrected chi connectivity index (χ4v) is 6.45. The first-order valence-corrected chi connectivity index (χ1v) is 11.7. The van der Waals surface area contributed by atoms with Gasteiger partial charge < -0.3 is 10.0 Å². The highest BCUT2D eigenvalue weighted by Crippen LogP contribution is 2.50. The van der Waals surface area contributed by atoms with Gasteiger partial charge in [0.1, 0.15) is 10.7 Å². The zero-order chi connectivity index (χ0) is 21.0. The number of fused-ring (bicyclic) bond motifs is 3. The molecule has 1 amide bonds. The highest BCUT2D eigenvalue weighted by molar-refractivity contribution is 7.92. The summed E-state index contributed by atoms with van der Waals surface area (Å²) in [6.45, 7) is -0.128. The summed E-state index contributed by atoms with van der Waals surface area (Å²) in [5, 5.41) is 9.98. The number of aliphatic hydroxyl groups excluding tert-OH is 1. The number of benzene rings is 2. The Morgan fingerprint density at radius 1 is 1.10 bits per heavy atom. The fraction of sp³-hybridized carbons (Fsp3) is 0.409. The number of hydrogen-bond donors (Lipinski definition) is 1. The molecule has 1 saturated heterocycles. The zero-order valence-electron chi connectivity index (χ0n) is 16.3. The molecule has 0 bridgehead atoms. The predicted molar refractivity (Wildman–Crippen MR) is 109 cm³/mol. The van der Waals surface area contributed by atoms with Gasteiger partial charge in [-0.2, -0.15) is 0 Å². The molecule has 6 nitrogen and oxygen atoms in total. The highest BCUT2D eigenvalue weighted by atomic mass is 32.2. The van der Waals surface area contributed by atoms with Crippen molar-refractivity contribution in [2.75, 3.05) is 17.5 Å². The highest BCUT2D eigenvalue weighted by Gasteiger charge is 2.56. The van der Waals surface area contributed by atoms with Crippen molar-refractivity contribution in [2.24, 2.45) is 5.92 Å². The van der Waals surface area contributed by atoms with E-state index in [1.807, 2.05) is 12.1 Å². The molecule has 2 aromatic carbocycles. The summed E-state index contributed by atoms with van der Waals surface area (Å²) >= 11 is 0. The standard InChI is InChI=1S/C22H23FN2O4S/c23-16-6-2-4-8-20(16)30(28,29)24-12-18-22(15-5-1-3-7-17(15)24)19(13-26)25(18)21(27)11-14-9-10-14/h1-8,14,18-19,22,26H,9-13H2/t18-,19-,22+/m1/s1. The minimum Gasteiger partial charge on any atom is -0.394 e. The maximum absolute atomic E-state index is 14.4. The van der Waals surface area contributed by atoms with Crippen LogP contribution in [0.25, 0.3) is 0 Å². The normalized spacial score (nSPS) is 25.3. The fourth-order valence-electron chi connectivity index (χ4n) is 4.87. The Morgan fingerprint density at radius 2 is 1.80 bits per heavy atom. The number of nitrogens with zero attached hydrogens (tertiary/aromatic N) is 2. The summed E-state index contributed by atoms with van der Waals surface area (Å²) in [6.07, 6.45) is 2.50. The van der Waals surface area contributed by atoms with Gasteiger partial charge in [0.15, 0.2) is 0 Å². The number of likely N-dealkylation sites (tertiary alicyclic amines) is 1. The van der Waals surface area contributed by atoms with E-state index in [1.54, 1.807) is 17.0 Å². The van der Waals surface area contributed by atoms with Crippen molar-refractivity contribution in [2.45, 2.75) is 42.2 Å². The number of sulfonamides is 1. The molecule has 2 fully saturated rings. The molecule has 5 rings (SSSR count). The quantitative estimate of drug-likeness (QED) is 0.791. The molecule has 30 heavy (non-hydrogen) atoms. The predicted octanol–water partition coefficient (Wildman–Crippen LogP) is 2.49. The molecule has 1 N–H and O–H groups in total. The second-order valence-corrected chi connectivity index (χ2v) is 10.1. The lowest BCUT2D eigenvalue weighted by Gasteiger charge is -2.59. The Balaban J connectivity index is 1.56. The average molecular weight is 431 g/mol. The minimum atomic E-state index is -4.15. The van der Waals surface area contributed by atoms with Crippen molar-refractivity contribution in [3.63, 3.8) is 0 Å². The molecule has 2 aromatic rings. The molecule has 8 heteroatoms. The lowest BCUT2D eigenvalue weighted by molar-refractivity contribution is -0.150. The van der Waals surface area contributed by atoms with Crippen molar-refractivity contribution in [1.82, 2.24) is 4.90 Å². The Kier molecular flexibility index (Phi) is 4.59. The largest absolute Gasteiger partial charge is 0.394 e. The van der Waals surface area contributed by atoms with E-state index in [0.29, 0.717) is 18.0 Å². The van der Waals surface area contributed by atoms with Gasteiger partial charge in [-0.15, -0.1) is 0 Å². The summed E-state index contributed by atoms with van der Waals surface area (Å²) in [5.74, 6) is -0.590. The van der Waals surface area contributed by atoms with Crippen LogP contribution >= 0.6 is 0 Å². The number of hydrogen-bond acceptors (Lipinski definition) is 4. The van der Waals surface area contributed by atoms with E-state index in [1.165, 1.54) is 22.5 Å². The van der Waals surface area contributed by atoms with Crippen LogP contribution in [0.2, 0.25) is 0 Å². The van der Waals surface area contributed by atoms with Crippen molar-refractivity contribution >= 4 is 21.6 Å². The van der Waals surface area contributed by atoms with Gasteiger partial charge in [-0.1, -0.05) is 30.3 Å². The summed E-state index contributed by atoms with van der Waals surface area (Å²) in [7, 11) is -4.15. The van der Waals surface area contributed by atoms with Crippen LogP contribution in [0.4, 0.5) is 10.1 Å². The van der Waals surface area contributed by atoms with Gasteiger partial charge in [-0.3, -0.25) is 9.10 Å². The lowest BCUT2D eigenvalue weighted by atomic mass is 9.72. The minimum absolute atomic E-state index is 0.0413. The number of para-hydroxylation sites is 1. The number of carbonyl (C=O) groups excluding carboxylic acids is 1. The topological polar surface area (TPSA) is 77.9 Å². The maximum atomic E-state index is 14.4. The van der Waals surface area contributed by atoms with Gasteiger partial charge >= 0.3 is 0 Å². The molecule has 0 unspecified atom stereocenters. The first kappa shape index (κ1) is 19.5. The van der Waals surface area contributed by atoms with E-state index in [4.69, 9.17) is 0 Å². The van der Waals surface area contributed by atoms with Crippen LogP contribution in [0.3, 0.4) is 0 Å². The van der Waals surface area contributed by atoms with Crippen molar-refractivity contribution < 1.29 is 22.7 Å². The van der Waals surface area contributed by atoms with Crippen molar-refractivity contribution in [1.29, 1.82) is 0 Å². The monoisotopic (exact) mass is 430 g/mol. The first-order chi connectivity index (χ1) is 14.4. The van der Waals surface area contributed by atoms with Gasteiger partial charge in [-0.25, -0.2) is 12.8 Å². The van der Waals surface area contributed by atoms with E-state index in [2.05, 4.69) is 0 Å². The zero-order valence-corrected chi connectivity index (χ0v) is 17.1. The summed E-state index contributed by atoms with van der Waals surface area (Å²) in [6, 6.07) is 11.7. The van der Waals surface area contributed by atoms with Crippen LogP contribution in [-0.4, -0.2) is 49.6 Å². The SMILES string of the molecule is O=C(CC1CC1)N1[C@H](CO)[C@H]2c3ccccc3N(S(=O)(=O)c3ccccc3F)C[C@H]21. The molecular weight excluding hydrogens is 407 g/mol. The first-order valence-electron chi connectivity index (χ1n) is 10.2. The molecule has 158 valence electrons. The number of amides is 1. The number of rotatable bonds is 5. The van der Waals surface area contributed by atoms with E-state index in [9.17, 15) is 22.7 Å². The number of carbonyl (C=O) groups is 1. The molecule has 3 atom stereocenters. The third kappa shape index (κ3) is 2.93. The number of halogens is 1. The van der Waals surface area contributed by atoms with Gasteiger partial charge in [0.05, 0.1) is 30.9 Å². The molecule has 0 aromatic heterocycles. The molecule has 0 spiro atoms. The van der Waals surface area contributed by atoms with Gasteiger partial charge in [0.2, 0.25) is 5.91 Å². The third-order valence-electron chi connectivity index (χ3n) is 6.50. The van der Waals surface area contributed by atoms with Gasteiger partial charge in [-0.05, 0) is 42.5 Å². The smallest absolute Gasteiger partial charge is 0.267 e. The Bertz CT molecular complexity index is 1100.